The van der Waals surface area contributed by atoms with E-state index in [0.29, 0.717) is 0 Å². The zero-order valence-electron chi connectivity index (χ0n) is 11.3. The molecule has 22 heavy (non-hydrogen) atoms. The van der Waals surface area contributed by atoms with Crippen LogP contribution in [0.3, 0.4) is 0 Å². The number of fused-ring (bicyclic) bond motifs is 2. The monoisotopic (exact) mass is 377 g/mol. The highest BCUT2D eigenvalue weighted by Gasteiger charge is 2.54. The molecule has 112 valence electrons. The van der Waals surface area contributed by atoms with Crippen molar-refractivity contribution in [1.29, 1.82) is 0 Å². The van der Waals surface area contributed by atoms with Crippen LogP contribution in [0, 0.1) is 5.92 Å². The lowest BCUT2D eigenvalue weighted by molar-refractivity contribution is -0.118. The summed E-state index contributed by atoms with van der Waals surface area (Å²) >= 11 is 4.87. The smallest absolute Gasteiger partial charge is 0.261 e. The number of thioether (sulfide) groups is 1. The number of carbonyl (C=O) groups excluding carboxylic acids is 2. The van der Waals surface area contributed by atoms with Gasteiger partial charge in [0, 0.05) is 15.7 Å². The van der Waals surface area contributed by atoms with Gasteiger partial charge >= 0.3 is 0 Å². The van der Waals surface area contributed by atoms with Crippen LogP contribution in [0.5, 0.6) is 0 Å². The van der Waals surface area contributed by atoms with E-state index in [0.717, 1.165) is 15.7 Å². The number of halogens is 1. The molecule has 0 aromatic heterocycles. The van der Waals surface area contributed by atoms with Gasteiger partial charge < -0.3 is 5.32 Å². The van der Waals surface area contributed by atoms with Crippen molar-refractivity contribution >= 4 is 45.1 Å². The van der Waals surface area contributed by atoms with Crippen molar-refractivity contribution in [2.24, 2.45) is 5.92 Å². The summed E-state index contributed by atoms with van der Waals surface area (Å²) in [5.74, 6) is -0.367. The number of ketones is 1. The summed E-state index contributed by atoms with van der Waals surface area (Å²) in [6.45, 7) is 0. The van der Waals surface area contributed by atoms with E-state index in [9.17, 15) is 9.59 Å². The number of anilines is 1. The average molecular weight is 378 g/mol. The zero-order valence-corrected chi connectivity index (χ0v) is 13.7. The van der Waals surface area contributed by atoms with Crippen molar-refractivity contribution in [2.45, 2.75) is 10.2 Å². The van der Waals surface area contributed by atoms with Crippen molar-refractivity contribution in [1.82, 2.24) is 10.9 Å². The number of hydrogen-bond donors (Lipinski definition) is 3. The molecule has 7 heteroatoms. The summed E-state index contributed by atoms with van der Waals surface area (Å²) < 4.78 is 0.907. The third-order valence-corrected chi connectivity index (χ3v) is 5.99. The van der Waals surface area contributed by atoms with Crippen molar-refractivity contribution < 1.29 is 9.59 Å². The van der Waals surface area contributed by atoms with Gasteiger partial charge in [-0.25, -0.2) is 10.9 Å². The Morgan fingerprint density at radius 1 is 1.23 bits per heavy atom. The highest BCUT2D eigenvalue weighted by molar-refractivity contribution is 9.10. The second-order valence-corrected chi connectivity index (χ2v) is 7.58. The molecule has 2 aliphatic heterocycles. The van der Waals surface area contributed by atoms with Crippen LogP contribution >= 0.6 is 27.7 Å². The number of nitrogens with one attached hydrogen (secondary N) is 3. The molecule has 3 N–H and O–H groups in total. The number of amides is 1. The lowest BCUT2D eigenvalue weighted by Crippen LogP contribution is -2.46. The lowest BCUT2D eigenvalue weighted by atomic mass is 9.99. The van der Waals surface area contributed by atoms with Crippen LogP contribution in [-0.4, -0.2) is 17.1 Å². The van der Waals surface area contributed by atoms with Gasteiger partial charge in [-0.15, -0.1) is 11.8 Å². The molecule has 1 spiro atoms. The second kappa shape index (κ2) is 5.06. The SMILES string of the molecule is O=C1C=CC=CC1C1NNC2(S1)C(=O)Nc1ccc(Br)cc12. The van der Waals surface area contributed by atoms with Gasteiger partial charge in [0.15, 0.2) is 10.7 Å². The van der Waals surface area contributed by atoms with Gasteiger partial charge in [0.25, 0.3) is 5.91 Å². The molecule has 3 unspecified atom stereocenters. The first-order valence-corrected chi connectivity index (χ1v) is 8.48. The highest BCUT2D eigenvalue weighted by Crippen LogP contribution is 2.49. The Morgan fingerprint density at radius 3 is 2.91 bits per heavy atom. The maximum absolute atomic E-state index is 12.5. The molecule has 0 radical (unpaired) electrons. The average Bonchev–Trinajstić information content (AvgIpc) is 3.05. The van der Waals surface area contributed by atoms with Gasteiger partial charge in [0.05, 0.1) is 11.3 Å². The predicted molar refractivity (Wildman–Crippen MR) is 88.9 cm³/mol. The summed E-state index contributed by atoms with van der Waals surface area (Å²) in [6.07, 6.45) is 7.02. The summed E-state index contributed by atoms with van der Waals surface area (Å²) in [5, 5.41) is 2.69. The molecule has 1 aliphatic carbocycles. The van der Waals surface area contributed by atoms with Crippen LogP contribution in [0.15, 0.2) is 47.0 Å². The standard InChI is InChI=1S/C15H12BrN3O2S/c16-8-5-6-11-10(7-8)15(14(21)17-11)19-18-13(22-15)9-3-1-2-4-12(9)20/h1-7,9,13,18-19H,(H,17,21). The number of carbonyl (C=O) groups is 2. The van der Waals surface area contributed by atoms with Crippen molar-refractivity contribution in [3.63, 3.8) is 0 Å². The molecule has 3 aliphatic rings. The van der Waals surface area contributed by atoms with E-state index >= 15 is 0 Å². The fourth-order valence-electron chi connectivity index (χ4n) is 2.87. The molecule has 1 aromatic rings. The molecular formula is C15H12BrN3O2S. The Bertz CT molecular complexity index is 748. The van der Waals surface area contributed by atoms with E-state index < -0.39 is 4.87 Å². The molecule has 1 saturated heterocycles. The van der Waals surface area contributed by atoms with E-state index in [1.807, 2.05) is 30.4 Å². The quantitative estimate of drug-likeness (QED) is 0.698. The van der Waals surface area contributed by atoms with Crippen molar-refractivity contribution in [2.75, 3.05) is 5.32 Å². The molecule has 5 nitrogen and oxygen atoms in total. The summed E-state index contributed by atoms with van der Waals surface area (Å²) in [7, 11) is 0. The molecule has 1 amide bonds. The van der Waals surface area contributed by atoms with Crippen molar-refractivity contribution in [3.8, 4) is 0 Å². The van der Waals surface area contributed by atoms with Gasteiger partial charge in [0.2, 0.25) is 0 Å². The molecule has 0 saturated carbocycles. The fourth-order valence-corrected chi connectivity index (χ4v) is 4.67. The van der Waals surface area contributed by atoms with Crippen LogP contribution in [0.1, 0.15) is 5.56 Å². The third kappa shape index (κ3) is 2.00. The Hall–Kier alpha value is -1.41. The van der Waals surface area contributed by atoms with Gasteiger partial charge in [-0.3, -0.25) is 9.59 Å². The first-order chi connectivity index (χ1) is 10.6. The van der Waals surface area contributed by atoms with Crippen LogP contribution in [0.4, 0.5) is 5.69 Å². The van der Waals surface area contributed by atoms with Crippen LogP contribution in [0.25, 0.3) is 0 Å². The highest BCUT2D eigenvalue weighted by atomic mass is 79.9. The zero-order chi connectivity index (χ0) is 15.3. The normalized spacial score (nSPS) is 32.6. The largest absolute Gasteiger partial charge is 0.323 e. The fraction of sp³-hybridized carbons (Fsp3) is 0.200. The first kappa shape index (κ1) is 14.2. The number of benzene rings is 1. The summed E-state index contributed by atoms with van der Waals surface area (Å²) in [5.41, 5.74) is 7.88. The van der Waals surface area contributed by atoms with Crippen LogP contribution in [0.2, 0.25) is 0 Å². The third-order valence-electron chi connectivity index (χ3n) is 3.97. The second-order valence-electron chi connectivity index (χ2n) is 5.31. The van der Waals surface area contributed by atoms with E-state index in [-0.39, 0.29) is 23.0 Å². The van der Waals surface area contributed by atoms with Gasteiger partial charge in [-0.2, -0.15) is 0 Å². The Kier molecular flexibility index (Phi) is 3.26. The van der Waals surface area contributed by atoms with Gasteiger partial charge in [-0.05, 0) is 24.3 Å². The minimum atomic E-state index is -0.904. The van der Waals surface area contributed by atoms with Gasteiger partial charge in [0.1, 0.15) is 0 Å². The summed E-state index contributed by atoms with van der Waals surface area (Å²) in [4.78, 5) is 23.6. The molecular weight excluding hydrogens is 366 g/mol. The first-order valence-electron chi connectivity index (χ1n) is 6.81. The maximum Gasteiger partial charge on any atom is 0.261 e. The minimum Gasteiger partial charge on any atom is -0.323 e. The Balaban J connectivity index is 1.69. The lowest BCUT2D eigenvalue weighted by Gasteiger charge is -2.21. The van der Waals surface area contributed by atoms with E-state index in [1.165, 1.54) is 11.8 Å². The van der Waals surface area contributed by atoms with E-state index in [1.54, 1.807) is 12.2 Å². The van der Waals surface area contributed by atoms with Crippen LogP contribution in [-0.2, 0) is 14.5 Å². The predicted octanol–water partition coefficient (Wildman–Crippen LogP) is 2.03. The molecule has 1 aromatic carbocycles. The number of hydrogen-bond acceptors (Lipinski definition) is 5. The maximum atomic E-state index is 12.5. The number of hydrazine groups is 1. The Morgan fingerprint density at radius 2 is 2.09 bits per heavy atom. The molecule has 0 bridgehead atoms. The molecule has 2 heterocycles. The minimum absolute atomic E-state index is 0.0409. The molecule has 1 fully saturated rings. The summed E-state index contributed by atoms with van der Waals surface area (Å²) in [6, 6.07) is 5.69. The number of rotatable bonds is 1. The van der Waals surface area contributed by atoms with E-state index in [4.69, 9.17) is 0 Å². The van der Waals surface area contributed by atoms with E-state index in [2.05, 4.69) is 32.1 Å². The van der Waals surface area contributed by atoms with Crippen molar-refractivity contribution in [3.05, 3.63) is 52.5 Å². The van der Waals surface area contributed by atoms with Gasteiger partial charge in [-0.1, -0.05) is 34.2 Å². The Labute approximate surface area is 139 Å². The molecule has 4 rings (SSSR count). The number of allylic oxidation sites excluding steroid dienone is 3. The molecule has 3 atom stereocenters. The van der Waals surface area contributed by atoms with Crippen LogP contribution < -0.4 is 16.2 Å². The topological polar surface area (TPSA) is 70.2 Å².